The van der Waals surface area contributed by atoms with Gasteiger partial charge in [-0.1, -0.05) is 52.2 Å². The molecule has 0 spiro atoms. The van der Waals surface area contributed by atoms with Gasteiger partial charge in [0, 0.05) is 0 Å². The molecule has 0 N–H and O–H groups in total. The van der Waals surface area contributed by atoms with Crippen LogP contribution >= 0.6 is 0 Å². The van der Waals surface area contributed by atoms with Crippen LogP contribution in [0.4, 0.5) is 0 Å². The summed E-state index contributed by atoms with van der Waals surface area (Å²) in [5, 5.41) is 0. The molecule has 0 nitrogen and oxygen atoms in total. The average molecular weight is 402 g/mol. The number of hydrogen-bond acceptors (Lipinski definition) is 0. The number of hydrogen-bond donors (Lipinski definition) is 0. The van der Waals surface area contributed by atoms with Crippen molar-refractivity contribution in [2.75, 3.05) is 0 Å². The number of allylic oxidation sites excluding steroid dienone is 1. The zero-order valence-corrected chi connectivity index (χ0v) is 17.5. The predicted molar refractivity (Wildman–Crippen MR) is 77.0 cm³/mol. The fourth-order valence-corrected chi connectivity index (χ4v) is 3.48. The third kappa shape index (κ3) is 3.68. The molecule has 1 radical (unpaired) electrons. The minimum absolute atomic E-state index is 0. The van der Waals surface area contributed by atoms with Crippen LogP contribution in [0.5, 0.6) is 0 Å². The summed E-state index contributed by atoms with van der Waals surface area (Å²) in [6, 6.07) is 4.89. The van der Waals surface area contributed by atoms with Crippen molar-refractivity contribution in [1.29, 1.82) is 0 Å². The van der Waals surface area contributed by atoms with Crippen LogP contribution < -0.4 is 24.8 Å². The van der Waals surface area contributed by atoms with E-state index in [9.17, 15) is 0 Å². The van der Waals surface area contributed by atoms with Crippen molar-refractivity contribution in [1.82, 2.24) is 0 Å². The van der Waals surface area contributed by atoms with E-state index in [1.54, 1.807) is 11.1 Å². The molecule has 0 saturated carbocycles. The Bertz CT molecular complexity index is 557. The average Bonchev–Trinajstić information content (AvgIpc) is 2.62. The van der Waals surface area contributed by atoms with E-state index in [-0.39, 0.29) is 51.0 Å². The second-order valence-electron chi connectivity index (χ2n) is 7.40. The fourth-order valence-electron chi connectivity index (χ4n) is 3.48. The molecule has 2 aliphatic carbocycles. The summed E-state index contributed by atoms with van der Waals surface area (Å²) in [4.78, 5) is 0. The van der Waals surface area contributed by atoms with Crippen LogP contribution in [0.15, 0.2) is 17.7 Å². The van der Waals surface area contributed by atoms with Gasteiger partial charge in [0.1, 0.15) is 0 Å². The largest absolute Gasteiger partial charge is 3.00 e. The molecule has 3 heteroatoms. The van der Waals surface area contributed by atoms with Crippen molar-refractivity contribution in [3.63, 3.8) is 0 Å². The molecule has 0 aliphatic heterocycles. The first-order valence-corrected chi connectivity index (χ1v) is 7.07. The summed E-state index contributed by atoms with van der Waals surface area (Å²) in [5.74, 6) is 0. The molecular weight excluding hydrogens is 378 g/mol. The van der Waals surface area contributed by atoms with E-state index in [0.29, 0.717) is 10.8 Å². The number of fused-ring (bicyclic) bond motifs is 2. The number of halogens is 2. The Kier molecular flexibility index (Phi) is 7.04. The van der Waals surface area contributed by atoms with Crippen LogP contribution in [0.25, 0.3) is 0 Å². The van der Waals surface area contributed by atoms with Gasteiger partial charge in [0.2, 0.25) is 0 Å². The van der Waals surface area contributed by atoms with Crippen LogP contribution in [0.2, 0.25) is 0 Å². The molecule has 113 valence electrons. The van der Waals surface area contributed by atoms with Gasteiger partial charge in [-0.05, 0) is 23.7 Å². The molecule has 0 unspecified atom stereocenters. The van der Waals surface area contributed by atoms with Gasteiger partial charge in [-0.25, -0.2) is 0 Å². The van der Waals surface area contributed by atoms with E-state index in [2.05, 4.69) is 52.8 Å². The smallest absolute Gasteiger partial charge is 1.00 e. The molecule has 2 aliphatic rings. The van der Waals surface area contributed by atoms with Gasteiger partial charge < -0.3 is 24.8 Å². The SMILES string of the molecule is CC1=[C-]c2cc3c(cc2C1)C(C)(C)CCC3(C)C.[Cl-].[Cl-].[Zr+3]. The Morgan fingerprint density at radius 1 is 0.905 bits per heavy atom. The van der Waals surface area contributed by atoms with Gasteiger partial charge in [-0.2, -0.15) is 17.7 Å². The fraction of sp³-hybridized carbons (Fsp3) is 0.556. The molecule has 1 aromatic carbocycles. The van der Waals surface area contributed by atoms with E-state index in [4.69, 9.17) is 0 Å². The number of benzene rings is 1. The van der Waals surface area contributed by atoms with E-state index in [1.165, 1.54) is 29.5 Å². The van der Waals surface area contributed by atoms with E-state index < -0.39 is 0 Å². The molecule has 0 aromatic heterocycles. The first-order valence-electron chi connectivity index (χ1n) is 7.07. The van der Waals surface area contributed by atoms with Gasteiger partial charge in [0.05, 0.1) is 0 Å². The van der Waals surface area contributed by atoms with E-state index in [0.717, 1.165) is 6.42 Å². The van der Waals surface area contributed by atoms with Gasteiger partial charge in [0.15, 0.2) is 0 Å². The van der Waals surface area contributed by atoms with E-state index in [1.807, 2.05) is 0 Å². The maximum Gasteiger partial charge on any atom is 3.00 e. The summed E-state index contributed by atoms with van der Waals surface area (Å²) >= 11 is 0. The Balaban J connectivity index is 0.00000133. The van der Waals surface area contributed by atoms with Crippen LogP contribution in [-0.2, 0) is 43.5 Å². The molecule has 0 bridgehead atoms. The van der Waals surface area contributed by atoms with Gasteiger partial charge in [-0.3, -0.25) is 0 Å². The first-order chi connectivity index (χ1) is 8.29. The molecule has 0 fully saturated rings. The topological polar surface area (TPSA) is 0 Å². The van der Waals surface area contributed by atoms with E-state index >= 15 is 0 Å². The number of rotatable bonds is 0. The Morgan fingerprint density at radius 2 is 1.38 bits per heavy atom. The Labute approximate surface area is 161 Å². The van der Waals surface area contributed by atoms with Gasteiger partial charge >= 0.3 is 26.2 Å². The Morgan fingerprint density at radius 3 is 1.90 bits per heavy atom. The molecule has 0 amide bonds. The van der Waals surface area contributed by atoms with Gasteiger partial charge in [0.25, 0.3) is 0 Å². The van der Waals surface area contributed by atoms with Crippen molar-refractivity contribution in [3.8, 4) is 0 Å². The molecule has 1 aromatic rings. The molecular formula is C18H23Cl2Zr. The summed E-state index contributed by atoms with van der Waals surface area (Å²) in [6.45, 7) is 11.8. The van der Waals surface area contributed by atoms with Crippen LogP contribution in [0, 0.1) is 6.08 Å². The third-order valence-corrected chi connectivity index (χ3v) is 4.88. The van der Waals surface area contributed by atoms with Crippen LogP contribution in [-0.4, -0.2) is 0 Å². The van der Waals surface area contributed by atoms with Gasteiger partial charge in [-0.15, -0.1) is 17.2 Å². The minimum atomic E-state index is 0. The summed E-state index contributed by atoms with van der Waals surface area (Å²) < 4.78 is 0. The van der Waals surface area contributed by atoms with Crippen molar-refractivity contribution in [2.45, 2.75) is 64.7 Å². The molecule has 21 heavy (non-hydrogen) atoms. The van der Waals surface area contributed by atoms with Crippen LogP contribution in [0.1, 0.15) is 69.7 Å². The van der Waals surface area contributed by atoms with Crippen molar-refractivity contribution < 1.29 is 51.0 Å². The summed E-state index contributed by atoms with van der Waals surface area (Å²) in [5.41, 5.74) is 7.99. The standard InChI is InChI=1S/C18H23.2ClH.Zr/c1-12-8-13-10-15-16(11-14(13)9-12)18(4,5)7-6-17(15,2)3;;;/h10-11H,6-8H2,1-5H3;2*1H;/q-1;;;+3/p-2. The minimum Gasteiger partial charge on any atom is -1.00 e. The zero-order chi connectivity index (χ0) is 13.1. The maximum atomic E-state index is 3.53. The van der Waals surface area contributed by atoms with Crippen molar-refractivity contribution in [3.05, 3.63) is 46.0 Å². The van der Waals surface area contributed by atoms with Crippen molar-refractivity contribution in [2.24, 2.45) is 0 Å². The molecule has 0 heterocycles. The second kappa shape index (κ2) is 6.90. The Hall–Kier alpha value is 0.423. The maximum absolute atomic E-state index is 3.53. The first kappa shape index (κ1) is 21.4. The summed E-state index contributed by atoms with van der Waals surface area (Å²) in [6.07, 6.45) is 7.21. The van der Waals surface area contributed by atoms with Crippen molar-refractivity contribution >= 4 is 0 Å². The predicted octanol–water partition coefficient (Wildman–Crippen LogP) is -1.31. The third-order valence-electron chi connectivity index (χ3n) is 4.88. The van der Waals surface area contributed by atoms with Crippen LogP contribution in [0.3, 0.4) is 0 Å². The molecule has 0 atom stereocenters. The molecule has 0 saturated heterocycles. The monoisotopic (exact) mass is 399 g/mol. The second-order valence-corrected chi connectivity index (χ2v) is 7.40. The molecule has 3 rings (SSSR count). The summed E-state index contributed by atoms with van der Waals surface area (Å²) in [7, 11) is 0. The normalized spacial score (nSPS) is 20.0. The zero-order valence-electron chi connectivity index (χ0n) is 13.5. The quantitative estimate of drug-likeness (QED) is 0.474.